The molecule has 0 bridgehead atoms. The van der Waals surface area contributed by atoms with E-state index in [1.54, 1.807) is 36.4 Å². The van der Waals surface area contributed by atoms with Gasteiger partial charge in [-0.1, -0.05) is 13.0 Å². The Morgan fingerprint density at radius 1 is 0.900 bits per heavy atom. The van der Waals surface area contributed by atoms with Crippen molar-refractivity contribution in [2.45, 2.75) is 33.6 Å². The summed E-state index contributed by atoms with van der Waals surface area (Å²) in [7, 11) is 0. The quantitative estimate of drug-likeness (QED) is 0.488. The van der Waals surface area contributed by atoms with Crippen LogP contribution in [0.4, 0.5) is 5.69 Å². The van der Waals surface area contributed by atoms with Crippen LogP contribution in [0.15, 0.2) is 42.5 Å². The minimum atomic E-state index is -0.705. The third-order valence-corrected chi connectivity index (χ3v) is 4.49. The number of esters is 1. The van der Waals surface area contributed by atoms with E-state index < -0.39 is 12.6 Å². The van der Waals surface area contributed by atoms with Gasteiger partial charge in [0.15, 0.2) is 12.4 Å². The molecule has 0 aromatic heterocycles. The zero-order chi connectivity index (χ0) is 22.1. The molecule has 2 aromatic carbocycles. The van der Waals surface area contributed by atoms with Gasteiger partial charge in [-0.2, -0.15) is 0 Å². The van der Waals surface area contributed by atoms with Gasteiger partial charge in [0.05, 0.1) is 0 Å². The summed E-state index contributed by atoms with van der Waals surface area (Å²) in [6, 6.07) is 11.6. The Morgan fingerprint density at radius 2 is 1.57 bits per heavy atom. The second-order valence-corrected chi connectivity index (χ2v) is 6.94. The zero-order valence-electron chi connectivity index (χ0n) is 17.4. The maximum Gasteiger partial charge on any atom is 0.325 e. The molecule has 0 aliphatic rings. The van der Waals surface area contributed by atoms with Crippen molar-refractivity contribution in [2.75, 3.05) is 18.5 Å². The highest BCUT2D eigenvalue weighted by molar-refractivity contribution is 5.99. The van der Waals surface area contributed by atoms with Crippen molar-refractivity contribution in [2.24, 2.45) is 0 Å². The van der Waals surface area contributed by atoms with Crippen molar-refractivity contribution >= 4 is 29.3 Å². The van der Waals surface area contributed by atoms with Gasteiger partial charge in [-0.25, -0.2) is 0 Å². The minimum absolute atomic E-state index is 0.0895. The molecule has 2 N–H and O–H groups in total. The molecule has 0 aliphatic carbocycles. The molecule has 7 heteroatoms. The van der Waals surface area contributed by atoms with Crippen LogP contribution in [0.2, 0.25) is 0 Å². The van der Waals surface area contributed by atoms with E-state index in [0.717, 1.165) is 17.5 Å². The van der Waals surface area contributed by atoms with Crippen LogP contribution in [0.5, 0.6) is 0 Å². The Balaban J connectivity index is 1.78. The molecule has 158 valence electrons. The Hall–Kier alpha value is -3.48. The van der Waals surface area contributed by atoms with Gasteiger partial charge in [-0.05, 0) is 67.8 Å². The molecular formula is C23H26N2O5. The van der Waals surface area contributed by atoms with Crippen molar-refractivity contribution in [1.82, 2.24) is 5.32 Å². The lowest BCUT2D eigenvalue weighted by Gasteiger charge is -2.08. The van der Waals surface area contributed by atoms with E-state index >= 15 is 0 Å². The molecular weight excluding hydrogens is 384 g/mol. The number of carbonyl (C=O) groups is 4. The summed E-state index contributed by atoms with van der Waals surface area (Å²) in [6.07, 6.45) is 1.18. The Kier molecular flexibility index (Phi) is 8.29. The number of amides is 2. The third kappa shape index (κ3) is 6.84. The summed E-state index contributed by atoms with van der Waals surface area (Å²) in [5, 5.41) is 5.21. The average Bonchev–Trinajstić information content (AvgIpc) is 2.72. The van der Waals surface area contributed by atoms with E-state index in [1.807, 2.05) is 26.8 Å². The second kappa shape index (κ2) is 10.9. The number of hydrogen-bond acceptors (Lipinski definition) is 5. The van der Waals surface area contributed by atoms with E-state index in [1.165, 1.54) is 0 Å². The lowest BCUT2D eigenvalue weighted by Crippen LogP contribution is -2.31. The molecule has 0 unspecified atom stereocenters. The molecule has 7 nitrogen and oxygen atoms in total. The van der Waals surface area contributed by atoms with Crippen LogP contribution in [0.25, 0.3) is 0 Å². The van der Waals surface area contributed by atoms with E-state index in [-0.39, 0.29) is 24.1 Å². The van der Waals surface area contributed by atoms with Gasteiger partial charge in [-0.3, -0.25) is 19.2 Å². The molecule has 0 spiro atoms. The fourth-order valence-corrected chi connectivity index (χ4v) is 2.61. The van der Waals surface area contributed by atoms with Gasteiger partial charge in [0.1, 0.15) is 6.54 Å². The molecule has 0 radical (unpaired) electrons. The number of ketones is 1. The van der Waals surface area contributed by atoms with Crippen LogP contribution in [-0.4, -0.2) is 36.7 Å². The predicted molar refractivity (Wildman–Crippen MR) is 114 cm³/mol. The molecule has 2 amide bonds. The largest absolute Gasteiger partial charge is 0.456 e. The maximum atomic E-state index is 12.2. The predicted octanol–water partition coefficient (Wildman–Crippen LogP) is 3.20. The summed E-state index contributed by atoms with van der Waals surface area (Å²) in [6.45, 7) is 5.00. The smallest absolute Gasteiger partial charge is 0.325 e. The van der Waals surface area contributed by atoms with E-state index in [4.69, 9.17) is 4.74 Å². The van der Waals surface area contributed by atoms with Gasteiger partial charge < -0.3 is 15.4 Å². The summed E-state index contributed by atoms with van der Waals surface area (Å²) in [5.41, 5.74) is 3.45. The number of Topliss-reactive ketones (excluding diaryl/α,β-unsaturated/α-hetero) is 1. The first kappa shape index (κ1) is 22.8. The fourth-order valence-electron chi connectivity index (χ4n) is 2.61. The molecule has 0 aliphatic heterocycles. The highest BCUT2D eigenvalue weighted by Gasteiger charge is 2.13. The van der Waals surface area contributed by atoms with Crippen molar-refractivity contribution < 1.29 is 23.9 Å². The minimum Gasteiger partial charge on any atom is -0.456 e. The van der Waals surface area contributed by atoms with E-state index in [2.05, 4.69) is 10.6 Å². The Morgan fingerprint density at radius 3 is 2.20 bits per heavy atom. The number of hydrogen-bond donors (Lipinski definition) is 2. The number of carbonyl (C=O) groups excluding carboxylic acids is 4. The standard InChI is InChI=1S/C23H26N2O5/c1-4-5-21(27)25-19-10-8-17(9-11-19)20(26)14-30-22(28)13-24-23(29)18-7-6-15(2)16(3)12-18/h6-12H,4-5,13-14H2,1-3H3,(H,24,29)(H,25,27). The van der Waals surface area contributed by atoms with Gasteiger partial charge in [-0.15, -0.1) is 0 Å². The van der Waals surface area contributed by atoms with Crippen LogP contribution in [-0.2, 0) is 14.3 Å². The number of rotatable bonds is 9. The number of ether oxygens (including phenoxy) is 1. The van der Waals surface area contributed by atoms with Crippen LogP contribution < -0.4 is 10.6 Å². The van der Waals surface area contributed by atoms with Gasteiger partial charge in [0.2, 0.25) is 5.91 Å². The Bertz CT molecular complexity index is 935. The molecule has 2 rings (SSSR count). The fraction of sp³-hybridized carbons (Fsp3) is 0.304. The first-order chi connectivity index (χ1) is 14.3. The van der Waals surface area contributed by atoms with E-state index in [0.29, 0.717) is 23.2 Å². The Labute approximate surface area is 175 Å². The highest BCUT2D eigenvalue weighted by atomic mass is 16.5. The third-order valence-electron chi connectivity index (χ3n) is 4.49. The molecule has 0 atom stereocenters. The lowest BCUT2D eigenvalue weighted by atomic mass is 10.1. The normalized spacial score (nSPS) is 10.2. The van der Waals surface area contributed by atoms with Crippen molar-refractivity contribution in [3.05, 3.63) is 64.7 Å². The first-order valence-electron chi connectivity index (χ1n) is 9.74. The molecule has 0 saturated heterocycles. The van der Waals surface area contributed by atoms with Crippen molar-refractivity contribution in [3.63, 3.8) is 0 Å². The van der Waals surface area contributed by atoms with Crippen molar-refractivity contribution in [1.29, 1.82) is 0 Å². The van der Waals surface area contributed by atoms with Crippen molar-refractivity contribution in [3.8, 4) is 0 Å². The summed E-state index contributed by atoms with van der Waals surface area (Å²) >= 11 is 0. The molecule has 0 heterocycles. The SMILES string of the molecule is CCCC(=O)Nc1ccc(C(=O)COC(=O)CNC(=O)c2ccc(C)c(C)c2)cc1. The maximum absolute atomic E-state index is 12.2. The summed E-state index contributed by atoms with van der Waals surface area (Å²) in [5.74, 6) is -1.56. The number of aryl methyl sites for hydroxylation is 2. The lowest BCUT2D eigenvalue weighted by molar-refractivity contribution is -0.141. The van der Waals surface area contributed by atoms with Crippen LogP contribution in [0.3, 0.4) is 0 Å². The van der Waals surface area contributed by atoms with Crippen LogP contribution in [0, 0.1) is 13.8 Å². The molecule has 0 saturated carbocycles. The summed E-state index contributed by atoms with van der Waals surface area (Å²) < 4.78 is 4.94. The van der Waals surface area contributed by atoms with E-state index in [9.17, 15) is 19.2 Å². The van der Waals surface area contributed by atoms with Crippen LogP contribution in [0.1, 0.15) is 51.6 Å². The number of anilines is 1. The topological polar surface area (TPSA) is 102 Å². The molecule has 2 aromatic rings. The number of benzene rings is 2. The monoisotopic (exact) mass is 410 g/mol. The van der Waals surface area contributed by atoms with Gasteiger partial charge in [0, 0.05) is 23.2 Å². The molecule has 30 heavy (non-hydrogen) atoms. The summed E-state index contributed by atoms with van der Waals surface area (Å²) in [4.78, 5) is 47.7. The average molecular weight is 410 g/mol. The van der Waals surface area contributed by atoms with Gasteiger partial charge in [0.25, 0.3) is 5.91 Å². The number of nitrogens with one attached hydrogen (secondary N) is 2. The van der Waals surface area contributed by atoms with Crippen LogP contribution >= 0.6 is 0 Å². The first-order valence-corrected chi connectivity index (χ1v) is 9.74. The second-order valence-electron chi connectivity index (χ2n) is 6.94. The highest BCUT2D eigenvalue weighted by Crippen LogP contribution is 2.11. The molecule has 0 fully saturated rings. The zero-order valence-corrected chi connectivity index (χ0v) is 17.4. The van der Waals surface area contributed by atoms with Gasteiger partial charge >= 0.3 is 5.97 Å².